The van der Waals surface area contributed by atoms with Crippen molar-refractivity contribution in [3.63, 3.8) is 0 Å². The summed E-state index contributed by atoms with van der Waals surface area (Å²) in [6.07, 6.45) is 34.4. The Morgan fingerprint density at radius 1 is 0.521 bits per heavy atom. The van der Waals surface area contributed by atoms with E-state index >= 15 is 0 Å². The number of esters is 2. The molecule has 0 aromatic carbocycles. The smallest absolute Gasteiger partial charge is 0.306 e. The Morgan fingerprint density at radius 2 is 0.938 bits per heavy atom. The molecule has 1 unspecified atom stereocenters. The number of aliphatic hydroxyl groups is 1. The SMILES string of the molecule is CCCCCCCCOC(=O)CCCCCC(O)CN(C)CCCCCCCC(=O)OC(CCCCCCCC)CCCCCCCC. The molecule has 6 nitrogen and oxygen atoms in total. The third-order valence-electron chi connectivity index (χ3n) is 9.68. The molecule has 0 aliphatic carbocycles. The molecule has 0 heterocycles. The lowest BCUT2D eigenvalue weighted by molar-refractivity contribution is -0.150. The number of hydrogen-bond donors (Lipinski definition) is 1. The predicted molar refractivity (Wildman–Crippen MR) is 204 cm³/mol. The number of rotatable bonds is 38. The highest BCUT2D eigenvalue weighted by atomic mass is 16.5. The van der Waals surface area contributed by atoms with Crippen LogP contribution in [0.2, 0.25) is 0 Å². The van der Waals surface area contributed by atoms with Crippen LogP contribution in [-0.2, 0) is 19.1 Å². The molecule has 0 amide bonds. The van der Waals surface area contributed by atoms with E-state index in [2.05, 4.69) is 32.7 Å². The average molecular weight is 682 g/mol. The topological polar surface area (TPSA) is 76.1 Å². The van der Waals surface area contributed by atoms with Crippen LogP contribution in [0, 0.1) is 0 Å². The third-order valence-corrected chi connectivity index (χ3v) is 9.68. The Bertz CT molecular complexity index is 671. The molecule has 0 aliphatic rings. The normalized spacial score (nSPS) is 12.2. The Kier molecular flexibility index (Phi) is 36.2. The van der Waals surface area contributed by atoms with Crippen LogP contribution in [0.25, 0.3) is 0 Å². The highest BCUT2D eigenvalue weighted by Gasteiger charge is 2.14. The number of carbonyl (C=O) groups excluding carboxylic acids is 2. The molecule has 0 spiro atoms. The van der Waals surface area contributed by atoms with Crippen molar-refractivity contribution < 1.29 is 24.2 Å². The summed E-state index contributed by atoms with van der Waals surface area (Å²) in [6, 6.07) is 0. The molecule has 6 heteroatoms. The lowest BCUT2D eigenvalue weighted by Gasteiger charge is -2.20. The minimum absolute atomic E-state index is 0.00844. The average Bonchev–Trinajstić information content (AvgIpc) is 3.06. The highest BCUT2D eigenvalue weighted by Crippen LogP contribution is 2.18. The van der Waals surface area contributed by atoms with Gasteiger partial charge in [0.25, 0.3) is 0 Å². The van der Waals surface area contributed by atoms with Gasteiger partial charge in [0.1, 0.15) is 6.10 Å². The van der Waals surface area contributed by atoms with Gasteiger partial charge in [0.15, 0.2) is 0 Å². The lowest BCUT2D eigenvalue weighted by atomic mass is 10.0. The van der Waals surface area contributed by atoms with Crippen LogP contribution >= 0.6 is 0 Å². The zero-order valence-electron chi connectivity index (χ0n) is 32.7. The van der Waals surface area contributed by atoms with Gasteiger partial charge >= 0.3 is 11.9 Å². The maximum absolute atomic E-state index is 12.6. The molecule has 1 atom stereocenters. The summed E-state index contributed by atoms with van der Waals surface area (Å²) in [5.41, 5.74) is 0. The Morgan fingerprint density at radius 3 is 1.50 bits per heavy atom. The van der Waals surface area contributed by atoms with Crippen LogP contribution < -0.4 is 0 Å². The van der Waals surface area contributed by atoms with Gasteiger partial charge in [-0.3, -0.25) is 9.59 Å². The molecule has 0 aromatic heterocycles. The maximum atomic E-state index is 12.6. The number of carbonyl (C=O) groups is 2. The van der Waals surface area contributed by atoms with Crippen molar-refractivity contribution in [1.82, 2.24) is 4.90 Å². The molecule has 0 fully saturated rings. The van der Waals surface area contributed by atoms with E-state index in [9.17, 15) is 14.7 Å². The molecule has 0 radical (unpaired) electrons. The first-order valence-electron chi connectivity index (χ1n) is 21.1. The first-order chi connectivity index (χ1) is 23.4. The predicted octanol–water partition coefficient (Wildman–Crippen LogP) is 11.9. The van der Waals surface area contributed by atoms with Gasteiger partial charge in [-0.15, -0.1) is 0 Å². The van der Waals surface area contributed by atoms with E-state index in [4.69, 9.17) is 9.47 Å². The van der Waals surface area contributed by atoms with Gasteiger partial charge in [-0.2, -0.15) is 0 Å². The number of unbranched alkanes of at least 4 members (excludes halogenated alkanes) is 21. The Balaban J connectivity index is 3.87. The van der Waals surface area contributed by atoms with Crippen molar-refractivity contribution >= 4 is 11.9 Å². The van der Waals surface area contributed by atoms with E-state index in [1.54, 1.807) is 0 Å². The molecule has 0 bridgehead atoms. The van der Waals surface area contributed by atoms with Crippen LogP contribution in [0.15, 0.2) is 0 Å². The quantitative estimate of drug-likeness (QED) is 0.0516. The van der Waals surface area contributed by atoms with Gasteiger partial charge in [-0.1, -0.05) is 149 Å². The van der Waals surface area contributed by atoms with Crippen molar-refractivity contribution in [1.29, 1.82) is 0 Å². The molecule has 0 aromatic rings. The molecule has 0 rings (SSSR count). The molecule has 0 aliphatic heterocycles. The highest BCUT2D eigenvalue weighted by molar-refractivity contribution is 5.69. The van der Waals surface area contributed by atoms with Crippen LogP contribution in [0.4, 0.5) is 0 Å². The van der Waals surface area contributed by atoms with Crippen molar-refractivity contribution in [3.05, 3.63) is 0 Å². The molecule has 286 valence electrons. The second-order valence-electron chi connectivity index (χ2n) is 14.7. The largest absolute Gasteiger partial charge is 0.466 e. The number of likely N-dealkylation sites (N-methyl/N-ethyl adjacent to an activating group) is 1. The van der Waals surface area contributed by atoms with Crippen molar-refractivity contribution in [2.24, 2.45) is 0 Å². The second kappa shape index (κ2) is 37.1. The number of ether oxygens (including phenoxy) is 2. The molecular formula is C42H83NO5. The summed E-state index contributed by atoms with van der Waals surface area (Å²) in [5, 5.41) is 10.4. The molecule has 0 saturated carbocycles. The van der Waals surface area contributed by atoms with Gasteiger partial charge in [0.05, 0.1) is 12.7 Å². The van der Waals surface area contributed by atoms with Gasteiger partial charge in [0.2, 0.25) is 0 Å². The molecule has 48 heavy (non-hydrogen) atoms. The maximum Gasteiger partial charge on any atom is 0.306 e. The summed E-state index contributed by atoms with van der Waals surface area (Å²) in [5.74, 6) is -0.0656. The molecule has 0 saturated heterocycles. The van der Waals surface area contributed by atoms with E-state index in [1.807, 2.05) is 0 Å². The zero-order valence-corrected chi connectivity index (χ0v) is 32.7. The number of hydrogen-bond acceptors (Lipinski definition) is 6. The van der Waals surface area contributed by atoms with E-state index in [1.165, 1.54) is 103 Å². The monoisotopic (exact) mass is 682 g/mol. The standard InChI is InChI=1S/C42H83NO5/c1-5-8-11-14-18-25-32-40(33-26-19-15-12-9-6-2)48-42(46)35-27-20-17-21-29-36-43(4)38-39(44)31-24-23-28-34-41(45)47-37-30-22-16-13-10-7-3/h39-40,44H,5-38H2,1-4H3. The van der Waals surface area contributed by atoms with E-state index in [0.717, 1.165) is 90.0 Å². The van der Waals surface area contributed by atoms with Crippen molar-refractivity contribution in [2.75, 3.05) is 26.7 Å². The first-order valence-corrected chi connectivity index (χ1v) is 21.1. The second-order valence-corrected chi connectivity index (χ2v) is 14.7. The first kappa shape index (κ1) is 46.9. The van der Waals surface area contributed by atoms with Crippen LogP contribution in [-0.4, -0.2) is 60.9 Å². The summed E-state index contributed by atoms with van der Waals surface area (Å²) >= 11 is 0. The van der Waals surface area contributed by atoms with E-state index in [-0.39, 0.29) is 24.1 Å². The molecular weight excluding hydrogens is 598 g/mol. The van der Waals surface area contributed by atoms with Gasteiger partial charge in [0, 0.05) is 19.4 Å². The van der Waals surface area contributed by atoms with Crippen molar-refractivity contribution in [3.8, 4) is 0 Å². The van der Waals surface area contributed by atoms with E-state index in [0.29, 0.717) is 26.0 Å². The molecule has 1 N–H and O–H groups in total. The Labute approximate surface area is 299 Å². The number of nitrogens with zero attached hydrogens (tertiary/aromatic N) is 1. The zero-order chi connectivity index (χ0) is 35.3. The fourth-order valence-electron chi connectivity index (χ4n) is 6.50. The van der Waals surface area contributed by atoms with Gasteiger partial charge < -0.3 is 19.5 Å². The summed E-state index contributed by atoms with van der Waals surface area (Å²) in [4.78, 5) is 26.8. The van der Waals surface area contributed by atoms with Gasteiger partial charge in [-0.25, -0.2) is 0 Å². The van der Waals surface area contributed by atoms with Crippen LogP contribution in [0.1, 0.15) is 220 Å². The fraction of sp³-hybridized carbons (Fsp3) is 0.952. The van der Waals surface area contributed by atoms with Gasteiger partial charge in [-0.05, 0) is 71.4 Å². The Hall–Kier alpha value is -1.14. The summed E-state index contributed by atoms with van der Waals surface area (Å²) in [7, 11) is 2.09. The minimum Gasteiger partial charge on any atom is -0.466 e. The third kappa shape index (κ3) is 34.7. The summed E-state index contributed by atoms with van der Waals surface area (Å²) in [6.45, 7) is 8.98. The minimum atomic E-state index is -0.313. The summed E-state index contributed by atoms with van der Waals surface area (Å²) < 4.78 is 11.3. The fourth-order valence-corrected chi connectivity index (χ4v) is 6.50. The van der Waals surface area contributed by atoms with Crippen LogP contribution in [0.3, 0.4) is 0 Å². The lowest BCUT2D eigenvalue weighted by Crippen LogP contribution is -2.29. The van der Waals surface area contributed by atoms with Crippen molar-refractivity contribution in [2.45, 2.75) is 232 Å². The van der Waals surface area contributed by atoms with E-state index < -0.39 is 0 Å². The number of aliphatic hydroxyl groups excluding tert-OH is 1. The van der Waals surface area contributed by atoms with Crippen LogP contribution in [0.5, 0.6) is 0 Å².